The number of anilines is 2. The Morgan fingerprint density at radius 3 is 2.21 bits per heavy atom. The highest BCUT2D eigenvalue weighted by molar-refractivity contribution is 6.22. The summed E-state index contributed by atoms with van der Waals surface area (Å²) in [5.74, 6) is -1.03. The lowest BCUT2D eigenvalue weighted by Gasteiger charge is -2.18. The maximum Gasteiger partial charge on any atom is 0.255 e. The maximum atomic E-state index is 12.8. The summed E-state index contributed by atoms with van der Waals surface area (Å²) >= 11 is 0. The smallest absolute Gasteiger partial charge is 0.255 e. The van der Waals surface area contributed by atoms with Crippen molar-refractivity contribution in [3.63, 3.8) is 0 Å². The fourth-order valence-corrected chi connectivity index (χ4v) is 4.25. The lowest BCUT2D eigenvalue weighted by atomic mass is 9.82. The zero-order chi connectivity index (χ0) is 20.7. The van der Waals surface area contributed by atoms with Gasteiger partial charge in [-0.1, -0.05) is 29.8 Å². The van der Waals surface area contributed by atoms with Gasteiger partial charge in [0.05, 0.1) is 17.5 Å². The van der Waals surface area contributed by atoms with Crippen molar-refractivity contribution in [1.29, 1.82) is 0 Å². The Labute approximate surface area is 170 Å². The SMILES string of the molecule is CC1=CC[C@H]2C(=O)N(c3ccc(C(=O)Nc4c(C)cccc4C)cc3)C(=O)[C@@H]2C1. The summed E-state index contributed by atoms with van der Waals surface area (Å²) in [6.07, 6.45) is 3.31. The molecule has 0 radical (unpaired) electrons. The van der Waals surface area contributed by atoms with Crippen LogP contribution in [0.25, 0.3) is 0 Å². The zero-order valence-corrected chi connectivity index (χ0v) is 16.9. The summed E-state index contributed by atoms with van der Waals surface area (Å²) in [5, 5.41) is 2.95. The number of para-hydroxylation sites is 1. The molecular formula is C24H24N2O3. The Morgan fingerprint density at radius 2 is 1.55 bits per heavy atom. The predicted octanol–water partition coefficient (Wildman–Crippen LogP) is 4.40. The van der Waals surface area contributed by atoms with Gasteiger partial charge in [0.1, 0.15) is 0 Å². The van der Waals surface area contributed by atoms with Gasteiger partial charge in [-0.3, -0.25) is 19.3 Å². The summed E-state index contributed by atoms with van der Waals surface area (Å²) in [6.45, 7) is 5.90. The van der Waals surface area contributed by atoms with Gasteiger partial charge in [0.25, 0.3) is 5.91 Å². The average molecular weight is 388 g/mol. The molecule has 2 atom stereocenters. The molecule has 0 aromatic heterocycles. The summed E-state index contributed by atoms with van der Waals surface area (Å²) in [7, 11) is 0. The normalized spacial score (nSPS) is 21.1. The molecule has 2 aromatic rings. The first kappa shape index (κ1) is 19.1. The van der Waals surface area contributed by atoms with Crippen LogP contribution in [-0.4, -0.2) is 17.7 Å². The van der Waals surface area contributed by atoms with Crippen LogP contribution in [-0.2, 0) is 9.59 Å². The second-order valence-electron chi connectivity index (χ2n) is 7.98. The van der Waals surface area contributed by atoms with E-state index in [1.807, 2.05) is 39.0 Å². The van der Waals surface area contributed by atoms with Crippen molar-refractivity contribution < 1.29 is 14.4 Å². The number of amides is 3. The van der Waals surface area contributed by atoms with E-state index in [0.717, 1.165) is 22.4 Å². The highest BCUT2D eigenvalue weighted by Gasteiger charge is 2.48. The summed E-state index contributed by atoms with van der Waals surface area (Å²) in [4.78, 5) is 39.6. The van der Waals surface area contributed by atoms with Crippen LogP contribution >= 0.6 is 0 Å². The molecule has 29 heavy (non-hydrogen) atoms. The minimum absolute atomic E-state index is 0.139. The molecule has 5 heteroatoms. The van der Waals surface area contributed by atoms with Gasteiger partial charge in [0, 0.05) is 11.3 Å². The van der Waals surface area contributed by atoms with Gasteiger partial charge in [-0.15, -0.1) is 0 Å². The third kappa shape index (κ3) is 3.37. The van der Waals surface area contributed by atoms with E-state index in [-0.39, 0.29) is 29.6 Å². The molecule has 3 amide bonds. The van der Waals surface area contributed by atoms with Gasteiger partial charge in [0.2, 0.25) is 11.8 Å². The summed E-state index contributed by atoms with van der Waals surface area (Å²) in [5.41, 5.74) is 4.96. The van der Waals surface area contributed by atoms with Crippen LogP contribution in [0.4, 0.5) is 11.4 Å². The lowest BCUT2D eigenvalue weighted by molar-refractivity contribution is -0.122. The van der Waals surface area contributed by atoms with Crippen molar-refractivity contribution in [3.05, 3.63) is 70.8 Å². The second kappa shape index (κ2) is 7.32. The predicted molar refractivity (Wildman–Crippen MR) is 113 cm³/mol. The van der Waals surface area contributed by atoms with Crippen molar-refractivity contribution >= 4 is 29.1 Å². The number of nitrogens with one attached hydrogen (secondary N) is 1. The number of benzene rings is 2. The highest BCUT2D eigenvalue weighted by atomic mass is 16.2. The topological polar surface area (TPSA) is 66.5 Å². The number of aryl methyl sites for hydroxylation is 2. The van der Waals surface area contributed by atoms with Crippen molar-refractivity contribution in [1.82, 2.24) is 0 Å². The largest absolute Gasteiger partial charge is 0.322 e. The fraction of sp³-hybridized carbons (Fsp3) is 0.292. The van der Waals surface area contributed by atoms with Crippen molar-refractivity contribution in [2.75, 3.05) is 10.2 Å². The number of carbonyl (C=O) groups is 3. The van der Waals surface area contributed by atoms with Crippen LogP contribution in [0.15, 0.2) is 54.1 Å². The molecule has 0 spiro atoms. The first-order valence-corrected chi connectivity index (χ1v) is 9.88. The molecular weight excluding hydrogens is 364 g/mol. The molecule has 1 saturated heterocycles. The molecule has 4 rings (SSSR count). The molecule has 2 aromatic carbocycles. The lowest BCUT2D eigenvalue weighted by Crippen LogP contribution is -2.30. The van der Waals surface area contributed by atoms with Gasteiger partial charge < -0.3 is 5.32 Å². The Balaban J connectivity index is 1.53. The number of rotatable bonds is 3. The minimum Gasteiger partial charge on any atom is -0.322 e. The first-order chi connectivity index (χ1) is 13.9. The molecule has 1 aliphatic carbocycles. The molecule has 1 aliphatic heterocycles. The number of hydrogen-bond donors (Lipinski definition) is 1. The van der Waals surface area contributed by atoms with Crippen LogP contribution in [0.2, 0.25) is 0 Å². The van der Waals surface area contributed by atoms with Crippen molar-refractivity contribution in [2.24, 2.45) is 11.8 Å². The van der Waals surface area contributed by atoms with E-state index in [1.165, 1.54) is 4.90 Å². The van der Waals surface area contributed by atoms with E-state index in [1.54, 1.807) is 24.3 Å². The van der Waals surface area contributed by atoms with Crippen LogP contribution in [0.5, 0.6) is 0 Å². The van der Waals surface area contributed by atoms with E-state index in [9.17, 15) is 14.4 Å². The molecule has 148 valence electrons. The van der Waals surface area contributed by atoms with Crippen LogP contribution in [0.1, 0.15) is 41.3 Å². The van der Waals surface area contributed by atoms with Gasteiger partial charge >= 0.3 is 0 Å². The second-order valence-corrected chi connectivity index (χ2v) is 7.98. The third-order valence-corrected chi connectivity index (χ3v) is 5.93. The Morgan fingerprint density at radius 1 is 0.931 bits per heavy atom. The monoisotopic (exact) mass is 388 g/mol. The quantitative estimate of drug-likeness (QED) is 0.626. The number of carbonyl (C=O) groups excluding carboxylic acids is 3. The average Bonchev–Trinajstić information content (AvgIpc) is 2.94. The number of nitrogens with zero attached hydrogens (tertiary/aromatic N) is 1. The van der Waals surface area contributed by atoms with Crippen molar-refractivity contribution in [2.45, 2.75) is 33.6 Å². The van der Waals surface area contributed by atoms with E-state index in [0.29, 0.717) is 24.1 Å². The Bertz CT molecular complexity index is 1020. The molecule has 0 bridgehead atoms. The molecule has 0 unspecified atom stereocenters. The van der Waals surface area contributed by atoms with Gasteiger partial charge in [0.15, 0.2) is 0 Å². The molecule has 0 saturated carbocycles. The van der Waals surface area contributed by atoms with Gasteiger partial charge in [-0.2, -0.15) is 0 Å². The highest BCUT2D eigenvalue weighted by Crippen LogP contribution is 2.39. The zero-order valence-electron chi connectivity index (χ0n) is 16.9. The molecule has 1 fully saturated rings. The molecule has 1 N–H and O–H groups in total. The summed E-state index contributed by atoms with van der Waals surface area (Å²) < 4.78 is 0. The third-order valence-electron chi connectivity index (χ3n) is 5.93. The van der Waals surface area contributed by atoms with Crippen LogP contribution in [0.3, 0.4) is 0 Å². The molecule has 5 nitrogen and oxygen atoms in total. The summed E-state index contributed by atoms with van der Waals surface area (Å²) in [6, 6.07) is 12.5. The number of fused-ring (bicyclic) bond motifs is 1. The van der Waals surface area contributed by atoms with Gasteiger partial charge in [-0.25, -0.2) is 0 Å². The van der Waals surface area contributed by atoms with E-state index >= 15 is 0 Å². The standard InChI is InChI=1S/C24H24N2O3/c1-14-7-12-19-20(13-14)24(29)26(23(19)28)18-10-8-17(9-11-18)22(27)25-21-15(2)5-4-6-16(21)3/h4-11,19-20H,12-13H2,1-3H3,(H,25,27)/t19-,20-/m1/s1. The van der Waals surface area contributed by atoms with E-state index in [2.05, 4.69) is 11.4 Å². The minimum atomic E-state index is -0.266. The van der Waals surface area contributed by atoms with E-state index < -0.39 is 0 Å². The first-order valence-electron chi connectivity index (χ1n) is 9.88. The molecule has 2 aliphatic rings. The van der Waals surface area contributed by atoms with Crippen LogP contribution in [0, 0.1) is 25.7 Å². The number of imide groups is 1. The fourth-order valence-electron chi connectivity index (χ4n) is 4.25. The van der Waals surface area contributed by atoms with Gasteiger partial charge in [-0.05, 0) is 69.0 Å². The van der Waals surface area contributed by atoms with Crippen molar-refractivity contribution in [3.8, 4) is 0 Å². The maximum absolute atomic E-state index is 12.8. The molecule has 1 heterocycles. The number of allylic oxidation sites excluding steroid dienone is 2. The Hall–Kier alpha value is -3.21. The number of hydrogen-bond acceptors (Lipinski definition) is 3. The van der Waals surface area contributed by atoms with E-state index in [4.69, 9.17) is 0 Å². The van der Waals surface area contributed by atoms with Crippen LogP contribution < -0.4 is 10.2 Å². The Kier molecular flexibility index (Phi) is 4.82.